The summed E-state index contributed by atoms with van der Waals surface area (Å²) in [4.78, 5) is 0. The van der Waals surface area contributed by atoms with E-state index in [4.69, 9.17) is 16.3 Å². The highest BCUT2D eigenvalue weighted by Gasteiger charge is 2.26. The molecule has 1 nitrogen and oxygen atoms in total. The number of halogens is 1. The Morgan fingerprint density at radius 1 is 1.00 bits per heavy atom. The van der Waals surface area contributed by atoms with E-state index < -0.39 is 0 Å². The van der Waals surface area contributed by atoms with Crippen LogP contribution in [0.25, 0.3) is 6.08 Å². The van der Waals surface area contributed by atoms with Crippen molar-refractivity contribution in [3.05, 3.63) is 64.2 Å². The first-order valence-corrected chi connectivity index (χ1v) is 5.99. The molecule has 0 saturated heterocycles. The molecule has 1 aliphatic carbocycles. The van der Waals surface area contributed by atoms with Gasteiger partial charge >= 0.3 is 0 Å². The Kier molecular flexibility index (Phi) is 1.72. The maximum absolute atomic E-state index is 6.32. The van der Waals surface area contributed by atoms with Crippen molar-refractivity contribution in [1.29, 1.82) is 0 Å². The average Bonchev–Trinajstić information content (AvgIpc) is 2.82. The molecule has 2 aliphatic heterocycles. The number of rotatable bonds is 0. The zero-order valence-corrected chi connectivity index (χ0v) is 9.74. The summed E-state index contributed by atoms with van der Waals surface area (Å²) in [5, 5.41) is 0.812. The molecule has 0 spiro atoms. The molecule has 2 aromatic carbocycles. The Labute approximate surface area is 104 Å². The molecule has 0 fully saturated rings. The van der Waals surface area contributed by atoms with Crippen molar-refractivity contribution in [1.82, 2.24) is 0 Å². The number of benzene rings is 2. The van der Waals surface area contributed by atoms with Crippen LogP contribution in [0.3, 0.4) is 0 Å². The van der Waals surface area contributed by atoms with Crippen molar-refractivity contribution in [2.45, 2.75) is 5.92 Å². The Balaban J connectivity index is 2.12. The predicted octanol–water partition coefficient (Wildman–Crippen LogP) is 4.60. The topological polar surface area (TPSA) is 9.23 Å². The summed E-state index contributed by atoms with van der Waals surface area (Å²) in [5.74, 6) is 2.02. The highest BCUT2D eigenvalue weighted by molar-refractivity contribution is 6.32. The molecule has 17 heavy (non-hydrogen) atoms. The van der Waals surface area contributed by atoms with Crippen LogP contribution in [0.15, 0.2) is 42.5 Å². The smallest absolute Gasteiger partial charge is 0.135 e. The van der Waals surface area contributed by atoms with E-state index in [1.54, 1.807) is 0 Å². The summed E-state index contributed by atoms with van der Waals surface area (Å²) in [7, 11) is 0. The molecule has 2 aromatic rings. The van der Waals surface area contributed by atoms with Crippen molar-refractivity contribution in [3.8, 4) is 11.5 Å². The molecule has 5 rings (SSSR count). The van der Waals surface area contributed by atoms with Gasteiger partial charge in [-0.05, 0) is 35.4 Å². The van der Waals surface area contributed by atoms with Gasteiger partial charge in [0, 0.05) is 16.5 Å². The monoisotopic (exact) mass is 240 g/mol. The summed E-state index contributed by atoms with van der Waals surface area (Å²) < 4.78 is 5.89. The van der Waals surface area contributed by atoms with E-state index in [0.29, 0.717) is 0 Å². The number of fused-ring (bicyclic) bond motifs is 2. The molecule has 2 heterocycles. The van der Waals surface area contributed by atoms with E-state index in [2.05, 4.69) is 24.3 Å². The highest BCUT2D eigenvalue weighted by atomic mass is 35.5. The lowest BCUT2D eigenvalue weighted by Gasteiger charge is -2.12. The lowest BCUT2D eigenvalue weighted by molar-refractivity contribution is 0.482. The quantitative estimate of drug-likeness (QED) is 0.654. The number of ether oxygens (including phenoxy) is 1. The fourth-order valence-electron chi connectivity index (χ4n) is 2.60. The van der Waals surface area contributed by atoms with Crippen molar-refractivity contribution in [2.24, 2.45) is 0 Å². The van der Waals surface area contributed by atoms with Crippen LogP contribution in [-0.4, -0.2) is 0 Å². The van der Waals surface area contributed by atoms with E-state index in [9.17, 15) is 0 Å². The largest absolute Gasteiger partial charge is 0.457 e. The van der Waals surface area contributed by atoms with Gasteiger partial charge in [-0.1, -0.05) is 35.9 Å². The molecule has 82 valence electrons. The zero-order valence-electron chi connectivity index (χ0n) is 8.98. The van der Waals surface area contributed by atoms with E-state index in [-0.39, 0.29) is 5.92 Å². The lowest BCUT2D eigenvalue weighted by atomic mass is 9.93. The molecule has 3 aliphatic rings. The van der Waals surface area contributed by atoms with Crippen LogP contribution >= 0.6 is 11.6 Å². The molecule has 2 heteroatoms. The molecule has 0 amide bonds. The second kappa shape index (κ2) is 3.14. The second-order valence-electron chi connectivity index (χ2n) is 4.38. The van der Waals surface area contributed by atoms with Gasteiger partial charge in [0.25, 0.3) is 0 Å². The molecule has 0 N–H and O–H groups in total. The van der Waals surface area contributed by atoms with Crippen LogP contribution in [-0.2, 0) is 0 Å². The first-order valence-electron chi connectivity index (χ1n) is 5.61. The SMILES string of the molecule is Clc1ccc2c3c1C(C=C3)c1ccc(cc1)O2. The zero-order chi connectivity index (χ0) is 11.4. The molecule has 1 atom stereocenters. The molecular weight excluding hydrogens is 232 g/mol. The minimum Gasteiger partial charge on any atom is -0.457 e. The van der Waals surface area contributed by atoms with Gasteiger partial charge in [-0.2, -0.15) is 0 Å². The molecule has 0 aromatic heterocycles. The summed E-state index contributed by atoms with van der Waals surface area (Å²) in [6.07, 6.45) is 4.29. The van der Waals surface area contributed by atoms with Crippen LogP contribution in [0.1, 0.15) is 22.6 Å². The van der Waals surface area contributed by atoms with Gasteiger partial charge in [-0.25, -0.2) is 0 Å². The first kappa shape index (κ1) is 9.32. The van der Waals surface area contributed by atoms with Gasteiger partial charge in [0.15, 0.2) is 0 Å². The van der Waals surface area contributed by atoms with Crippen LogP contribution in [0.4, 0.5) is 0 Å². The Hall–Kier alpha value is -1.73. The third-order valence-corrected chi connectivity index (χ3v) is 3.76. The van der Waals surface area contributed by atoms with Gasteiger partial charge < -0.3 is 4.74 Å². The predicted molar refractivity (Wildman–Crippen MR) is 68.8 cm³/mol. The second-order valence-corrected chi connectivity index (χ2v) is 4.79. The van der Waals surface area contributed by atoms with Crippen LogP contribution in [0, 0.1) is 0 Å². The number of hydrogen-bond acceptors (Lipinski definition) is 1. The van der Waals surface area contributed by atoms with Crippen molar-refractivity contribution >= 4 is 17.7 Å². The minimum atomic E-state index is 0.258. The standard InChI is InChI=1S/C15H9ClO/c16-13-7-8-14-12-6-5-11(15(12)13)9-1-3-10(17-14)4-2-9/h1-8,11H. The van der Waals surface area contributed by atoms with Crippen molar-refractivity contribution in [2.75, 3.05) is 0 Å². The minimum absolute atomic E-state index is 0.258. The van der Waals surface area contributed by atoms with Crippen molar-refractivity contribution < 1.29 is 4.74 Å². The van der Waals surface area contributed by atoms with E-state index in [1.807, 2.05) is 24.3 Å². The van der Waals surface area contributed by atoms with Gasteiger partial charge in [0.1, 0.15) is 11.5 Å². The Bertz CT molecular complexity index is 641. The van der Waals surface area contributed by atoms with Crippen molar-refractivity contribution in [3.63, 3.8) is 0 Å². The molecule has 1 unspecified atom stereocenters. The van der Waals surface area contributed by atoms with Crippen LogP contribution in [0.5, 0.6) is 11.5 Å². The summed E-state index contributed by atoms with van der Waals surface area (Å²) in [6.45, 7) is 0. The van der Waals surface area contributed by atoms with Gasteiger partial charge in [-0.15, -0.1) is 0 Å². The maximum Gasteiger partial charge on any atom is 0.135 e. The van der Waals surface area contributed by atoms with Crippen LogP contribution in [0.2, 0.25) is 5.02 Å². The third-order valence-electron chi connectivity index (χ3n) is 3.43. The van der Waals surface area contributed by atoms with Crippen LogP contribution < -0.4 is 4.74 Å². The fourth-order valence-corrected chi connectivity index (χ4v) is 2.89. The summed E-state index contributed by atoms with van der Waals surface area (Å²) in [5.41, 5.74) is 3.54. The van der Waals surface area contributed by atoms with Gasteiger partial charge in [-0.3, -0.25) is 0 Å². The summed E-state index contributed by atoms with van der Waals surface area (Å²) >= 11 is 6.32. The van der Waals surface area contributed by atoms with E-state index in [0.717, 1.165) is 27.6 Å². The van der Waals surface area contributed by atoms with Gasteiger partial charge in [0.2, 0.25) is 0 Å². The number of allylic oxidation sites excluding steroid dienone is 1. The Morgan fingerprint density at radius 3 is 2.65 bits per heavy atom. The average molecular weight is 241 g/mol. The number of hydrogen-bond donors (Lipinski definition) is 0. The fraction of sp³-hybridized carbons (Fsp3) is 0.0667. The molecule has 0 saturated carbocycles. The maximum atomic E-state index is 6.32. The molecule has 0 radical (unpaired) electrons. The lowest BCUT2D eigenvalue weighted by Crippen LogP contribution is -1.95. The summed E-state index contributed by atoms with van der Waals surface area (Å²) in [6, 6.07) is 12.1. The normalized spacial score (nSPS) is 18.5. The molecular formula is C15H9ClO. The third kappa shape index (κ3) is 1.20. The molecule has 6 bridgehead atoms. The Morgan fingerprint density at radius 2 is 1.82 bits per heavy atom. The van der Waals surface area contributed by atoms with E-state index in [1.165, 1.54) is 5.56 Å². The highest BCUT2D eigenvalue weighted by Crippen LogP contribution is 2.46. The van der Waals surface area contributed by atoms with Gasteiger partial charge in [0.05, 0.1) is 0 Å². The van der Waals surface area contributed by atoms with E-state index >= 15 is 0 Å². The first-order chi connectivity index (χ1) is 8.33.